The van der Waals surface area contributed by atoms with Crippen LogP contribution in [0.4, 0.5) is 0 Å². The van der Waals surface area contributed by atoms with Gasteiger partial charge in [-0.3, -0.25) is 0 Å². The highest BCUT2D eigenvalue weighted by atomic mass is 16.5. The Morgan fingerprint density at radius 2 is 1.80 bits per heavy atom. The van der Waals surface area contributed by atoms with Crippen LogP contribution >= 0.6 is 0 Å². The Kier molecular flexibility index (Phi) is 5.44. The minimum Gasteiger partial charge on any atom is -0.491 e. The topological polar surface area (TPSA) is 47.3 Å². The molecule has 1 unspecified atom stereocenters. The number of benzene rings is 1. The summed E-state index contributed by atoms with van der Waals surface area (Å²) in [4.78, 5) is 0. The third-order valence-corrected chi connectivity index (χ3v) is 4.18. The van der Waals surface area contributed by atoms with Gasteiger partial charge in [-0.25, -0.2) is 0 Å². The molecule has 1 aliphatic rings. The lowest BCUT2D eigenvalue weighted by Gasteiger charge is -2.29. The fourth-order valence-corrected chi connectivity index (χ4v) is 2.97. The zero-order valence-corrected chi connectivity index (χ0v) is 13.0. The van der Waals surface area contributed by atoms with E-state index in [1.165, 1.54) is 24.0 Å². The van der Waals surface area contributed by atoms with Gasteiger partial charge in [0.1, 0.15) is 12.4 Å². The molecule has 0 radical (unpaired) electrons. The second kappa shape index (κ2) is 7.09. The third-order valence-electron chi connectivity index (χ3n) is 4.18. The molecule has 2 rings (SSSR count). The molecule has 1 saturated carbocycles. The van der Waals surface area contributed by atoms with E-state index in [2.05, 4.69) is 44.3 Å². The molecule has 0 heterocycles. The van der Waals surface area contributed by atoms with Crippen molar-refractivity contribution in [1.29, 1.82) is 0 Å². The van der Waals surface area contributed by atoms with E-state index in [0.29, 0.717) is 24.7 Å². The summed E-state index contributed by atoms with van der Waals surface area (Å²) in [6, 6.07) is 7.66. The summed E-state index contributed by atoms with van der Waals surface area (Å²) in [5, 5.41) is 3.67. The largest absolute Gasteiger partial charge is 0.491 e. The molecule has 0 aliphatic heterocycles. The second-order valence-electron chi connectivity index (χ2n) is 6.21. The summed E-state index contributed by atoms with van der Waals surface area (Å²) in [6.07, 6.45) is 4.66. The van der Waals surface area contributed by atoms with E-state index in [-0.39, 0.29) is 0 Å². The Morgan fingerprint density at radius 1 is 1.20 bits per heavy atom. The van der Waals surface area contributed by atoms with Crippen molar-refractivity contribution in [3.63, 3.8) is 0 Å². The molecule has 0 saturated heterocycles. The van der Waals surface area contributed by atoms with E-state index in [9.17, 15) is 0 Å². The van der Waals surface area contributed by atoms with Crippen LogP contribution in [0.15, 0.2) is 18.2 Å². The third kappa shape index (κ3) is 4.22. The molecular formula is C17H28N2O. The van der Waals surface area contributed by atoms with Crippen LogP contribution in [-0.2, 0) is 0 Å². The maximum absolute atomic E-state index is 6.00. The number of hydrogen-bond acceptors (Lipinski definition) is 3. The zero-order valence-electron chi connectivity index (χ0n) is 13.0. The Balaban J connectivity index is 1.79. The van der Waals surface area contributed by atoms with Crippen molar-refractivity contribution in [2.75, 3.05) is 6.61 Å². The molecule has 3 N–H and O–H groups in total. The SMILES string of the molecule is Cc1cccc(C)c1OCC(C)NC1CCC(N)CC1. The molecule has 20 heavy (non-hydrogen) atoms. The summed E-state index contributed by atoms with van der Waals surface area (Å²) < 4.78 is 6.00. The fourth-order valence-electron chi connectivity index (χ4n) is 2.97. The van der Waals surface area contributed by atoms with Crippen molar-refractivity contribution in [3.05, 3.63) is 29.3 Å². The minimum atomic E-state index is 0.369. The quantitative estimate of drug-likeness (QED) is 0.869. The molecule has 0 spiro atoms. The molecule has 1 atom stereocenters. The van der Waals surface area contributed by atoms with E-state index < -0.39 is 0 Å². The van der Waals surface area contributed by atoms with Gasteiger partial charge >= 0.3 is 0 Å². The van der Waals surface area contributed by atoms with Crippen molar-refractivity contribution in [3.8, 4) is 5.75 Å². The Bertz CT molecular complexity index is 405. The van der Waals surface area contributed by atoms with Gasteiger partial charge < -0.3 is 15.8 Å². The average Bonchev–Trinajstić information content (AvgIpc) is 2.41. The smallest absolute Gasteiger partial charge is 0.125 e. The van der Waals surface area contributed by atoms with E-state index >= 15 is 0 Å². The normalized spacial score (nSPS) is 24.4. The summed E-state index contributed by atoms with van der Waals surface area (Å²) in [6.45, 7) is 7.11. The second-order valence-corrected chi connectivity index (χ2v) is 6.21. The van der Waals surface area contributed by atoms with Gasteiger partial charge in [-0.1, -0.05) is 18.2 Å². The highest BCUT2D eigenvalue weighted by molar-refractivity contribution is 5.39. The van der Waals surface area contributed by atoms with Crippen molar-refractivity contribution in [1.82, 2.24) is 5.32 Å². The summed E-state index contributed by atoms with van der Waals surface area (Å²) in [5.41, 5.74) is 8.36. The fraction of sp³-hybridized carbons (Fsp3) is 0.647. The molecular weight excluding hydrogens is 248 g/mol. The molecule has 0 aromatic heterocycles. The molecule has 1 aliphatic carbocycles. The van der Waals surface area contributed by atoms with Crippen LogP contribution in [0.1, 0.15) is 43.7 Å². The van der Waals surface area contributed by atoms with Gasteiger partial charge in [-0.05, 0) is 57.6 Å². The zero-order chi connectivity index (χ0) is 14.5. The van der Waals surface area contributed by atoms with Gasteiger partial charge in [-0.15, -0.1) is 0 Å². The standard InChI is InChI=1S/C17H28N2O/c1-12-5-4-6-13(2)17(12)20-11-14(3)19-16-9-7-15(18)8-10-16/h4-6,14-16,19H,7-11,18H2,1-3H3. The van der Waals surface area contributed by atoms with Gasteiger partial charge in [0.15, 0.2) is 0 Å². The number of rotatable bonds is 5. The van der Waals surface area contributed by atoms with Crippen LogP contribution in [0.25, 0.3) is 0 Å². The van der Waals surface area contributed by atoms with Gasteiger partial charge in [0.25, 0.3) is 0 Å². The van der Waals surface area contributed by atoms with Crippen molar-refractivity contribution in [2.45, 2.75) is 64.6 Å². The predicted molar refractivity (Wildman–Crippen MR) is 84.2 cm³/mol. The first-order valence-electron chi connectivity index (χ1n) is 7.77. The summed E-state index contributed by atoms with van der Waals surface area (Å²) in [7, 11) is 0. The van der Waals surface area contributed by atoms with E-state index in [4.69, 9.17) is 10.5 Å². The van der Waals surface area contributed by atoms with Gasteiger partial charge in [0, 0.05) is 18.1 Å². The number of para-hydroxylation sites is 1. The number of aryl methyl sites for hydroxylation is 2. The molecule has 3 heteroatoms. The van der Waals surface area contributed by atoms with Crippen LogP contribution in [0.3, 0.4) is 0 Å². The first-order valence-corrected chi connectivity index (χ1v) is 7.77. The lowest BCUT2D eigenvalue weighted by Crippen LogP contribution is -2.43. The maximum Gasteiger partial charge on any atom is 0.125 e. The first-order chi connectivity index (χ1) is 9.56. The minimum absolute atomic E-state index is 0.369. The van der Waals surface area contributed by atoms with Gasteiger partial charge in [0.2, 0.25) is 0 Å². The highest BCUT2D eigenvalue weighted by Crippen LogP contribution is 2.22. The van der Waals surface area contributed by atoms with Gasteiger partial charge in [0.05, 0.1) is 0 Å². The molecule has 0 amide bonds. The van der Waals surface area contributed by atoms with Crippen LogP contribution in [-0.4, -0.2) is 24.7 Å². The monoisotopic (exact) mass is 276 g/mol. The molecule has 0 bridgehead atoms. The molecule has 1 aromatic carbocycles. The van der Waals surface area contributed by atoms with Crippen LogP contribution in [0.2, 0.25) is 0 Å². The van der Waals surface area contributed by atoms with E-state index in [0.717, 1.165) is 18.6 Å². The van der Waals surface area contributed by atoms with E-state index in [1.807, 2.05) is 0 Å². The molecule has 1 aromatic rings. The number of hydrogen-bond donors (Lipinski definition) is 2. The lowest BCUT2D eigenvalue weighted by atomic mass is 9.91. The van der Waals surface area contributed by atoms with Crippen LogP contribution in [0, 0.1) is 13.8 Å². The average molecular weight is 276 g/mol. The van der Waals surface area contributed by atoms with Crippen LogP contribution < -0.4 is 15.8 Å². The number of nitrogens with two attached hydrogens (primary N) is 1. The van der Waals surface area contributed by atoms with Gasteiger partial charge in [-0.2, -0.15) is 0 Å². The summed E-state index contributed by atoms with van der Waals surface area (Å²) in [5.74, 6) is 1.03. The lowest BCUT2D eigenvalue weighted by molar-refractivity contribution is 0.239. The number of ether oxygens (including phenoxy) is 1. The number of nitrogens with one attached hydrogen (secondary N) is 1. The predicted octanol–water partition coefficient (Wildman–Crippen LogP) is 2.93. The Morgan fingerprint density at radius 3 is 2.40 bits per heavy atom. The van der Waals surface area contributed by atoms with E-state index in [1.54, 1.807) is 0 Å². The summed E-state index contributed by atoms with van der Waals surface area (Å²) >= 11 is 0. The Labute approximate surface area is 122 Å². The van der Waals surface area contributed by atoms with Crippen molar-refractivity contribution in [2.24, 2.45) is 5.73 Å². The van der Waals surface area contributed by atoms with Crippen molar-refractivity contribution < 1.29 is 4.74 Å². The maximum atomic E-state index is 6.00. The Hall–Kier alpha value is -1.06. The first kappa shape index (κ1) is 15.3. The molecule has 1 fully saturated rings. The molecule has 3 nitrogen and oxygen atoms in total. The van der Waals surface area contributed by atoms with Crippen LogP contribution in [0.5, 0.6) is 5.75 Å². The van der Waals surface area contributed by atoms with Crippen molar-refractivity contribution >= 4 is 0 Å². The molecule has 112 valence electrons. The highest BCUT2D eigenvalue weighted by Gasteiger charge is 2.20.